The summed E-state index contributed by atoms with van der Waals surface area (Å²) < 4.78 is 23.0. The highest BCUT2D eigenvalue weighted by Gasteiger charge is 2.37. The van der Waals surface area contributed by atoms with Crippen molar-refractivity contribution >= 4 is 0 Å². The van der Waals surface area contributed by atoms with Crippen molar-refractivity contribution in [3.63, 3.8) is 0 Å². The van der Waals surface area contributed by atoms with Crippen LogP contribution in [0.4, 0.5) is 0 Å². The fraction of sp³-hybridized carbons (Fsp3) is 0.143. The highest BCUT2D eigenvalue weighted by molar-refractivity contribution is 5.53. The van der Waals surface area contributed by atoms with E-state index in [-0.39, 0.29) is 13.2 Å². The van der Waals surface area contributed by atoms with Gasteiger partial charge >= 0.3 is 0 Å². The van der Waals surface area contributed by atoms with Crippen molar-refractivity contribution in [1.29, 1.82) is 0 Å². The number of methoxy groups -OCH3 is 2. The first kappa shape index (κ1) is 26.9. The number of benzene rings is 5. The molecule has 40 heavy (non-hydrogen) atoms. The zero-order valence-corrected chi connectivity index (χ0v) is 22.6. The van der Waals surface area contributed by atoms with E-state index in [4.69, 9.17) is 18.9 Å². The molecule has 5 aromatic rings. The molecule has 5 nitrogen and oxygen atoms in total. The van der Waals surface area contributed by atoms with Crippen LogP contribution in [-0.4, -0.2) is 19.3 Å². The Labute approximate surface area is 235 Å². The minimum Gasteiger partial charge on any atom is -0.497 e. The summed E-state index contributed by atoms with van der Waals surface area (Å²) in [7, 11) is 3.27. The molecule has 0 bridgehead atoms. The van der Waals surface area contributed by atoms with Crippen LogP contribution in [0.5, 0.6) is 23.0 Å². The summed E-state index contributed by atoms with van der Waals surface area (Å²) in [6.45, 7) is 0.500. The zero-order chi connectivity index (χ0) is 27.8. The van der Waals surface area contributed by atoms with Gasteiger partial charge in [-0.05, 0) is 70.8 Å². The summed E-state index contributed by atoms with van der Waals surface area (Å²) in [6, 6.07) is 40.3. The molecule has 0 spiro atoms. The van der Waals surface area contributed by atoms with Gasteiger partial charge in [-0.3, -0.25) is 0 Å². The van der Waals surface area contributed by atoms with Crippen molar-refractivity contribution in [3.8, 4) is 23.0 Å². The first-order valence-electron chi connectivity index (χ1n) is 13.1. The van der Waals surface area contributed by atoms with Crippen LogP contribution in [0.3, 0.4) is 0 Å². The van der Waals surface area contributed by atoms with Gasteiger partial charge in [0, 0.05) is 5.56 Å². The molecule has 0 amide bonds. The summed E-state index contributed by atoms with van der Waals surface area (Å²) in [5, 5.41) is 12.8. The Bertz CT molecular complexity index is 1390. The Morgan fingerprint density at radius 3 is 1.23 bits per heavy atom. The summed E-state index contributed by atoms with van der Waals surface area (Å²) >= 11 is 0. The number of hydrogen-bond donors (Lipinski definition) is 1. The average Bonchev–Trinajstić information content (AvgIpc) is 3.03. The Kier molecular flexibility index (Phi) is 8.33. The van der Waals surface area contributed by atoms with Crippen LogP contribution in [0.15, 0.2) is 127 Å². The highest BCUT2D eigenvalue weighted by Crippen LogP contribution is 2.41. The molecule has 0 fully saturated rings. The van der Waals surface area contributed by atoms with Gasteiger partial charge in [-0.1, -0.05) is 78.9 Å². The minimum absolute atomic E-state index is 0.250. The maximum Gasteiger partial charge on any atom is 0.141 e. The number of rotatable bonds is 11. The third-order valence-electron chi connectivity index (χ3n) is 6.89. The molecule has 0 radical (unpaired) electrons. The largest absolute Gasteiger partial charge is 0.497 e. The van der Waals surface area contributed by atoms with E-state index in [9.17, 15) is 5.11 Å². The summed E-state index contributed by atoms with van der Waals surface area (Å²) in [5.41, 5.74) is 2.48. The van der Waals surface area contributed by atoms with E-state index in [1.54, 1.807) is 14.2 Å². The third kappa shape index (κ3) is 5.80. The third-order valence-corrected chi connectivity index (χ3v) is 6.89. The maximum absolute atomic E-state index is 12.8. The average molecular weight is 533 g/mol. The smallest absolute Gasteiger partial charge is 0.141 e. The molecule has 0 atom stereocenters. The van der Waals surface area contributed by atoms with E-state index in [1.165, 1.54) is 0 Å². The second kappa shape index (κ2) is 12.4. The van der Waals surface area contributed by atoms with Gasteiger partial charge in [0.05, 0.1) is 14.2 Å². The lowest BCUT2D eigenvalue weighted by molar-refractivity contribution is 0.120. The van der Waals surface area contributed by atoms with Gasteiger partial charge in [0.1, 0.15) is 41.8 Å². The zero-order valence-electron chi connectivity index (χ0n) is 22.6. The molecule has 5 rings (SSSR count). The lowest BCUT2D eigenvalue weighted by atomic mass is 9.76. The summed E-state index contributed by atoms with van der Waals surface area (Å²) in [6.07, 6.45) is 0. The quantitative estimate of drug-likeness (QED) is 0.183. The van der Waals surface area contributed by atoms with Crippen molar-refractivity contribution in [1.82, 2.24) is 0 Å². The van der Waals surface area contributed by atoms with E-state index in [0.29, 0.717) is 11.5 Å². The molecule has 5 heteroatoms. The molecular formula is C35H32O5. The SMILES string of the molecule is COc1ccc(OCc2cccc(COc3ccc(OC)cc3)c2C(O)(c2ccccc2)c2ccccc2)cc1. The molecule has 0 heterocycles. The minimum atomic E-state index is -1.46. The summed E-state index contributed by atoms with van der Waals surface area (Å²) in [5.74, 6) is 2.92. The molecule has 1 N–H and O–H groups in total. The van der Waals surface area contributed by atoms with Gasteiger partial charge in [0.2, 0.25) is 0 Å². The molecule has 202 valence electrons. The first-order valence-corrected chi connectivity index (χ1v) is 13.1. The van der Waals surface area contributed by atoms with Crippen LogP contribution in [-0.2, 0) is 18.8 Å². The lowest BCUT2D eigenvalue weighted by Gasteiger charge is -2.34. The van der Waals surface area contributed by atoms with Crippen LogP contribution in [0.25, 0.3) is 0 Å². The number of aliphatic hydroxyl groups is 1. The Hall–Kier alpha value is -4.74. The van der Waals surface area contributed by atoms with Crippen LogP contribution < -0.4 is 18.9 Å². The lowest BCUT2D eigenvalue weighted by Crippen LogP contribution is -2.32. The molecule has 0 aliphatic heterocycles. The van der Waals surface area contributed by atoms with Crippen LogP contribution in [0.1, 0.15) is 27.8 Å². The monoisotopic (exact) mass is 532 g/mol. The van der Waals surface area contributed by atoms with Gasteiger partial charge in [0.15, 0.2) is 0 Å². The molecule has 0 aliphatic carbocycles. The van der Waals surface area contributed by atoms with Crippen molar-refractivity contribution < 1.29 is 24.1 Å². The summed E-state index contributed by atoms with van der Waals surface area (Å²) in [4.78, 5) is 0. The number of ether oxygens (including phenoxy) is 4. The normalized spacial score (nSPS) is 11.1. The van der Waals surface area contributed by atoms with Gasteiger partial charge < -0.3 is 24.1 Å². The van der Waals surface area contributed by atoms with Gasteiger partial charge in [-0.25, -0.2) is 0 Å². The van der Waals surface area contributed by atoms with E-state index < -0.39 is 5.60 Å². The van der Waals surface area contributed by atoms with Gasteiger partial charge in [-0.15, -0.1) is 0 Å². The standard InChI is InChI=1S/C35H32O5/c1-37-30-16-20-32(21-17-30)39-24-26-10-9-11-27(25-40-33-22-18-31(38-2)19-23-33)34(26)35(36,28-12-5-3-6-13-28)29-14-7-4-8-15-29/h3-23,36H,24-25H2,1-2H3. The van der Waals surface area contributed by atoms with E-state index >= 15 is 0 Å². The fourth-order valence-corrected chi connectivity index (χ4v) is 4.84. The highest BCUT2D eigenvalue weighted by atomic mass is 16.5. The van der Waals surface area contributed by atoms with Crippen LogP contribution in [0, 0.1) is 0 Å². The molecule has 0 aromatic heterocycles. The van der Waals surface area contributed by atoms with E-state index in [0.717, 1.165) is 39.3 Å². The molecule has 0 saturated heterocycles. The number of hydrogen-bond acceptors (Lipinski definition) is 5. The van der Waals surface area contributed by atoms with E-state index in [1.807, 2.05) is 127 Å². The van der Waals surface area contributed by atoms with Gasteiger partial charge in [0.25, 0.3) is 0 Å². The van der Waals surface area contributed by atoms with Crippen LogP contribution in [0.2, 0.25) is 0 Å². The first-order chi connectivity index (χ1) is 19.6. The fourth-order valence-electron chi connectivity index (χ4n) is 4.84. The Morgan fingerprint density at radius 1 is 0.475 bits per heavy atom. The topological polar surface area (TPSA) is 57.2 Å². The maximum atomic E-state index is 12.8. The Balaban J connectivity index is 1.59. The predicted molar refractivity (Wildman–Crippen MR) is 156 cm³/mol. The van der Waals surface area contributed by atoms with E-state index in [2.05, 4.69) is 0 Å². The van der Waals surface area contributed by atoms with Crippen molar-refractivity contribution in [2.45, 2.75) is 18.8 Å². The molecule has 0 aliphatic rings. The second-order valence-corrected chi connectivity index (χ2v) is 9.32. The molecule has 5 aromatic carbocycles. The molecule has 0 saturated carbocycles. The van der Waals surface area contributed by atoms with Crippen molar-refractivity contribution in [2.75, 3.05) is 14.2 Å². The van der Waals surface area contributed by atoms with Crippen LogP contribution >= 0.6 is 0 Å². The predicted octanol–water partition coefficient (Wildman–Crippen LogP) is 7.15. The molecular weight excluding hydrogens is 500 g/mol. The second-order valence-electron chi connectivity index (χ2n) is 9.32. The van der Waals surface area contributed by atoms with Gasteiger partial charge in [-0.2, -0.15) is 0 Å². The van der Waals surface area contributed by atoms with Crippen molar-refractivity contribution in [3.05, 3.63) is 155 Å². The Morgan fingerprint density at radius 2 is 0.850 bits per heavy atom. The molecule has 0 unspecified atom stereocenters. The van der Waals surface area contributed by atoms with Crippen molar-refractivity contribution in [2.24, 2.45) is 0 Å².